The predicted octanol–water partition coefficient (Wildman–Crippen LogP) is 2.90. The Morgan fingerprint density at radius 1 is 0.938 bits per heavy atom. The first-order chi connectivity index (χ1) is 15.5. The summed E-state index contributed by atoms with van der Waals surface area (Å²) in [6, 6.07) is 16.0. The second-order valence-electron chi connectivity index (χ2n) is 7.92. The van der Waals surface area contributed by atoms with Crippen molar-refractivity contribution >= 4 is 11.8 Å². The molecule has 2 amide bonds. The number of hydrogen-bond donors (Lipinski definition) is 2. The lowest BCUT2D eigenvalue weighted by Gasteiger charge is -2.13. The van der Waals surface area contributed by atoms with Crippen molar-refractivity contribution < 1.29 is 14.0 Å². The molecule has 32 heavy (non-hydrogen) atoms. The van der Waals surface area contributed by atoms with Crippen LogP contribution in [0.5, 0.6) is 0 Å². The lowest BCUT2D eigenvalue weighted by atomic mass is 10.1. The van der Waals surface area contributed by atoms with Gasteiger partial charge in [-0.2, -0.15) is 0 Å². The zero-order valence-electron chi connectivity index (χ0n) is 17.5. The van der Waals surface area contributed by atoms with E-state index in [1.54, 1.807) is 22.8 Å². The molecule has 4 rings (SSSR count). The number of nitrogens with one attached hydrogen (secondary N) is 2. The number of amides is 2. The third-order valence-corrected chi connectivity index (χ3v) is 5.33. The molecule has 1 aliphatic carbocycles. The van der Waals surface area contributed by atoms with Crippen molar-refractivity contribution in [3.05, 3.63) is 105 Å². The van der Waals surface area contributed by atoms with E-state index in [4.69, 9.17) is 0 Å². The topological polar surface area (TPSA) is 80.2 Å². The van der Waals surface area contributed by atoms with Crippen LogP contribution in [0.25, 0.3) is 0 Å². The van der Waals surface area contributed by atoms with E-state index in [0.29, 0.717) is 18.5 Å². The third-order valence-electron chi connectivity index (χ3n) is 5.33. The van der Waals surface area contributed by atoms with Gasteiger partial charge in [-0.3, -0.25) is 14.4 Å². The van der Waals surface area contributed by atoms with E-state index in [-0.39, 0.29) is 29.5 Å². The zero-order valence-corrected chi connectivity index (χ0v) is 17.5. The Labute approximate surface area is 185 Å². The molecule has 164 valence electrons. The van der Waals surface area contributed by atoms with Crippen molar-refractivity contribution in [2.24, 2.45) is 0 Å². The number of hydrogen-bond acceptors (Lipinski definition) is 3. The molecule has 6 nitrogen and oxygen atoms in total. The van der Waals surface area contributed by atoms with Crippen LogP contribution in [-0.4, -0.2) is 29.0 Å². The van der Waals surface area contributed by atoms with Gasteiger partial charge in [0.05, 0.1) is 0 Å². The summed E-state index contributed by atoms with van der Waals surface area (Å²) in [5.74, 6) is -1.40. The Hall–Kier alpha value is -3.74. The van der Waals surface area contributed by atoms with Crippen molar-refractivity contribution in [2.45, 2.75) is 31.8 Å². The summed E-state index contributed by atoms with van der Waals surface area (Å²) in [5.41, 5.74) is 0.658. The summed E-state index contributed by atoms with van der Waals surface area (Å²) < 4.78 is 15.5. The highest BCUT2D eigenvalue weighted by Gasteiger charge is 2.26. The van der Waals surface area contributed by atoms with Gasteiger partial charge in [-0.15, -0.1) is 0 Å². The Morgan fingerprint density at radius 2 is 1.59 bits per heavy atom. The summed E-state index contributed by atoms with van der Waals surface area (Å²) >= 11 is 0. The maximum Gasteiger partial charge on any atom is 0.256 e. The number of carbonyl (C=O) groups is 2. The Kier molecular flexibility index (Phi) is 6.44. The van der Waals surface area contributed by atoms with Crippen molar-refractivity contribution in [1.82, 2.24) is 15.2 Å². The molecule has 2 N–H and O–H groups in total. The quantitative estimate of drug-likeness (QED) is 0.573. The fraction of sp³-hybridized carbons (Fsp3) is 0.240. The highest BCUT2D eigenvalue weighted by molar-refractivity contribution is 5.99. The highest BCUT2D eigenvalue weighted by atomic mass is 19.1. The van der Waals surface area contributed by atoms with E-state index >= 15 is 0 Å². The van der Waals surface area contributed by atoms with E-state index in [0.717, 1.165) is 18.4 Å². The number of nitrogens with zero attached hydrogens (tertiary/aromatic N) is 1. The van der Waals surface area contributed by atoms with Crippen LogP contribution in [0.15, 0.2) is 71.8 Å². The minimum Gasteiger partial charge on any atom is -0.352 e. The van der Waals surface area contributed by atoms with Crippen LogP contribution in [0.3, 0.4) is 0 Å². The lowest BCUT2D eigenvalue weighted by molar-refractivity contribution is 0.0949. The maximum absolute atomic E-state index is 13.8. The predicted molar refractivity (Wildman–Crippen MR) is 119 cm³/mol. The van der Waals surface area contributed by atoms with Gasteiger partial charge in [-0.05, 0) is 36.5 Å². The first kappa shape index (κ1) is 21.5. The van der Waals surface area contributed by atoms with Crippen molar-refractivity contribution in [2.75, 3.05) is 6.54 Å². The van der Waals surface area contributed by atoms with Gasteiger partial charge in [0.2, 0.25) is 5.43 Å². The van der Waals surface area contributed by atoms with E-state index < -0.39 is 17.2 Å². The summed E-state index contributed by atoms with van der Waals surface area (Å²) in [7, 11) is 0. The summed E-state index contributed by atoms with van der Waals surface area (Å²) in [5, 5.41) is 5.49. The van der Waals surface area contributed by atoms with Crippen molar-refractivity contribution in [1.29, 1.82) is 0 Å². The molecule has 1 aromatic heterocycles. The van der Waals surface area contributed by atoms with Gasteiger partial charge in [0, 0.05) is 31.5 Å². The maximum atomic E-state index is 13.8. The largest absolute Gasteiger partial charge is 0.352 e. The number of halogens is 1. The minimum absolute atomic E-state index is 0.0606. The minimum atomic E-state index is -0.615. The monoisotopic (exact) mass is 433 g/mol. The van der Waals surface area contributed by atoms with Gasteiger partial charge >= 0.3 is 0 Å². The molecule has 7 heteroatoms. The number of aromatic nitrogens is 1. The lowest BCUT2D eigenvalue weighted by Crippen LogP contribution is -2.36. The second kappa shape index (κ2) is 9.60. The molecular formula is C25H24FN3O3. The molecule has 1 fully saturated rings. The first-order valence-corrected chi connectivity index (χ1v) is 10.6. The molecule has 0 spiro atoms. The Bertz CT molecular complexity index is 1190. The van der Waals surface area contributed by atoms with Gasteiger partial charge < -0.3 is 15.2 Å². The van der Waals surface area contributed by atoms with Gasteiger partial charge in [0.25, 0.3) is 11.8 Å². The first-order valence-electron chi connectivity index (χ1n) is 10.6. The Morgan fingerprint density at radius 3 is 2.28 bits per heavy atom. The summed E-state index contributed by atoms with van der Waals surface area (Å²) in [6.45, 7) is 0.566. The number of pyridine rings is 1. The van der Waals surface area contributed by atoms with Crippen LogP contribution in [0, 0.1) is 5.82 Å². The molecule has 0 aliphatic heterocycles. The standard InChI is InChI=1S/C25H24FN3O3/c26-22-9-5-4-8-18(22)12-13-27-24(31)20-15-29(14-17-6-2-1-3-7-17)16-21(23(20)30)25(32)28-19-10-11-19/h1-9,15-16,19H,10-14H2,(H,27,31)(H,28,32). The smallest absolute Gasteiger partial charge is 0.256 e. The number of benzene rings is 2. The molecule has 0 unspecified atom stereocenters. The van der Waals surface area contributed by atoms with E-state index in [2.05, 4.69) is 10.6 Å². The second-order valence-corrected chi connectivity index (χ2v) is 7.92. The van der Waals surface area contributed by atoms with Crippen LogP contribution in [0.4, 0.5) is 4.39 Å². The van der Waals surface area contributed by atoms with Gasteiger partial charge in [-0.25, -0.2) is 4.39 Å². The van der Waals surface area contributed by atoms with Gasteiger partial charge in [0.15, 0.2) is 0 Å². The van der Waals surface area contributed by atoms with Gasteiger partial charge in [0.1, 0.15) is 16.9 Å². The van der Waals surface area contributed by atoms with Crippen LogP contribution in [0.2, 0.25) is 0 Å². The summed E-state index contributed by atoms with van der Waals surface area (Å²) in [4.78, 5) is 38.4. The van der Waals surface area contributed by atoms with E-state index in [1.807, 2.05) is 30.3 Å². The van der Waals surface area contributed by atoms with Crippen LogP contribution in [0.1, 0.15) is 44.7 Å². The fourth-order valence-electron chi connectivity index (χ4n) is 3.44. The zero-order chi connectivity index (χ0) is 22.5. The van der Waals surface area contributed by atoms with Crippen LogP contribution < -0.4 is 16.1 Å². The highest BCUT2D eigenvalue weighted by Crippen LogP contribution is 2.19. The third kappa shape index (κ3) is 5.29. The molecule has 0 radical (unpaired) electrons. The molecule has 0 bridgehead atoms. The normalized spacial score (nSPS) is 12.9. The molecule has 1 aliphatic rings. The van der Waals surface area contributed by atoms with Crippen molar-refractivity contribution in [3.8, 4) is 0 Å². The van der Waals surface area contributed by atoms with Crippen LogP contribution in [-0.2, 0) is 13.0 Å². The number of carbonyl (C=O) groups excluding carboxylic acids is 2. The molecule has 0 saturated heterocycles. The van der Waals surface area contributed by atoms with Crippen LogP contribution >= 0.6 is 0 Å². The van der Waals surface area contributed by atoms with E-state index in [1.165, 1.54) is 18.5 Å². The molecular weight excluding hydrogens is 409 g/mol. The van der Waals surface area contributed by atoms with Gasteiger partial charge in [-0.1, -0.05) is 48.5 Å². The average Bonchev–Trinajstić information content (AvgIpc) is 3.60. The van der Waals surface area contributed by atoms with E-state index in [9.17, 15) is 18.8 Å². The molecule has 2 aromatic carbocycles. The SMILES string of the molecule is O=C(NCCc1ccccc1F)c1cn(Cc2ccccc2)cc(C(=O)NC2CC2)c1=O. The molecule has 1 heterocycles. The average molecular weight is 433 g/mol. The molecule has 3 aromatic rings. The number of rotatable bonds is 8. The van der Waals surface area contributed by atoms with Crippen molar-refractivity contribution in [3.63, 3.8) is 0 Å². The molecule has 0 atom stereocenters. The summed E-state index contributed by atoms with van der Waals surface area (Å²) in [6.07, 6.45) is 5.02. The molecule has 1 saturated carbocycles. The Balaban J connectivity index is 1.56. The fourth-order valence-corrected chi connectivity index (χ4v) is 3.44.